The van der Waals surface area contributed by atoms with Crippen molar-refractivity contribution >= 4 is 11.8 Å². The van der Waals surface area contributed by atoms with E-state index in [1.807, 2.05) is 0 Å². The summed E-state index contributed by atoms with van der Waals surface area (Å²) in [4.78, 5) is 10.6. The number of hydrogen-bond acceptors (Lipinski definition) is 3. The van der Waals surface area contributed by atoms with Crippen LogP contribution in [0, 0.1) is 17.5 Å². The maximum absolute atomic E-state index is 13.6. The third-order valence-corrected chi connectivity index (χ3v) is 2.33. The highest BCUT2D eigenvalue weighted by atomic mass is 19.2. The molecular weight excluding hydrogens is 251 g/mol. The largest absolute Gasteiger partial charge is 0.477 e. The quantitative estimate of drug-likeness (QED) is 0.715. The van der Waals surface area contributed by atoms with Gasteiger partial charge in [-0.2, -0.15) is 5.10 Å². The second-order valence-corrected chi connectivity index (χ2v) is 3.41. The van der Waals surface area contributed by atoms with Gasteiger partial charge in [0.2, 0.25) is 0 Å². The van der Waals surface area contributed by atoms with E-state index in [1.54, 1.807) is 0 Å². The number of aromatic amines is 1. The van der Waals surface area contributed by atoms with E-state index < -0.39 is 34.5 Å². The van der Waals surface area contributed by atoms with Crippen LogP contribution in [0.25, 0.3) is 11.1 Å². The SMILES string of the molecule is Nc1[nH]ncc1-c1cc(F)c(C(=O)O)c(F)c1F. The summed E-state index contributed by atoms with van der Waals surface area (Å²) in [5, 5.41) is 14.3. The zero-order valence-corrected chi connectivity index (χ0v) is 8.67. The highest BCUT2D eigenvalue weighted by Gasteiger charge is 2.25. The fourth-order valence-corrected chi connectivity index (χ4v) is 1.50. The molecule has 0 aliphatic carbocycles. The van der Waals surface area contributed by atoms with Crippen LogP contribution in [0.5, 0.6) is 0 Å². The van der Waals surface area contributed by atoms with Crippen LogP contribution in [0.2, 0.25) is 0 Å². The number of H-pyrrole nitrogens is 1. The molecule has 1 aromatic carbocycles. The van der Waals surface area contributed by atoms with Gasteiger partial charge in [0.25, 0.3) is 0 Å². The maximum Gasteiger partial charge on any atom is 0.341 e. The number of hydrogen-bond donors (Lipinski definition) is 3. The van der Waals surface area contributed by atoms with Gasteiger partial charge < -0.3 is 10.8 Å². The average molecular weight is 257 g/mol. The van der Waals surface area contributed by atoms with E-state index in [0.29, 0.717) is 6.07 Å². The van der Waals surface area contributed by atoms with Crippen LogP contribution in [-0.4, -0.2) is 21.3 Å². The van der Waals surface area contributed by atoms with Crippen molar-refractivity contribution in [3.05, 3.63) is 35.3 Å². The van der Waals surface area contributed by atoms with Gasteiger partial charge in [-0.25, -0.2) is 18.0 Å². The molecule has 2 aromatic rings. The summed E-state index contributed by atoms with van der Waals surface area (Å²) in [5.74, 6) is -6.65. The first-order valence-electron chi connectivity index (χ1n) is 4.63. The Morgan fingerprint density at radius 1 is 1.28 bits per heavy atom. The molecule has 1 heterocycles. The van der Waals surface area contributed by atoms with Gasteiger partial charge in [0, 0.05) is 11.1 Å². The average Bonchev–Trinajstić information content (AvgIpc) is 2.69. The molecule has 0 fully saturated rings. The standard InChI is InChI=1S/C10H6F3N3O2/c11-5-1-3(4-2-15-16-9(4)14)7(12)8(13)6(5)10(17)18/h1-2H,(H,17,18)(H3,14,15,16). The molecule has 0 aliphatic heterocycles. The Labute approximate surface area is 98.0 Å². The van der Waals surface area contributed by atoms with Gasteiger partial charge in [0.05, 0.1) is 6.20 Å². The smallest absolute Gasteiger partial charge is 0.341 e. The Morgan fingerprint density at radius 3 is 2.44 bits per heavy atom. The second-order valence-electron chi connectivity index (χ2n) is 3.41. The first-order valence-corrected chi connectivity index (χ1v) is 4.63. The number of nitrogens with zero attached hydrogens (tertiary/aromatic N) is 1. The number of benzene rings is 1. The van der Waals surface area contributed by atoms with E-state index >= 15 is 0 Å². The second kappa shape index (κ2) is 4.06. The van der Waals surface area contributed by atoms with Gasteiger partial charge in [0.15, 0.2) is 11.6 Å². The molecule has 94 valence electrons. The van der Waals surface area contributed by atoms with E-state index in [2.05, 4.69) is 10.2 Å². The van der Waals surface area contributed by atoms with Crippen LogP contribution in [0.15, 0.2) is 12.3 Å². The number of halogens is 3. The molecule has 2 rings (SSSR count). The van der Waals surface area contributed by atoms with Crippen LogP contribution < -0.4 is 5.73 Å². The van der Waals surface area contributed by atoms with Crippen molar-refractivity contribution in [1.29, 1.82) is 0 Å². The lowest BCUT2D eigenvalue weighted by atomic mass is 10.0. The van der Waals surface area contributed by atoms with Crippen molar-refractivity contribution in [2.45, 2.75) is 0 Å². The molecule has 0 radical (unpaired) electrons. The number of nitrogens with one attached hydrogen (secondary N) is 1. The van der Waals surface area contributed by atoms with E-state index in [4.69, 9.17) is 10.8 Å². The number of carboxylic acid groups (broad SMARTS) is 1. The molecular formula is C10H6F3N3O2. The van der Waals surface area contributed by atoms with Gasteiger partial charge >= 0.3 is 5.97 Å². The molecule has 1 aromatic heterocycles. The fourth-order valence-electron chi connectivity index (χ4n) is 1.50. The number of aromatic carboxylic acids is 1. The summed E-state index contributed by atoms with van der Waals surface area (Å²) in [6, 6.07) is 0.559. The van der Waals surface area contributed by atoms with Crippen molar-refractivity contribution in [3.8, 4) is 11.1 Å². The first kappa shape index (κ1) is 12.0. The van der Waals surface area contributed by atoms with Crippen molar-refractivity contribution in [1.82, 2.24) is 10.2 Å². The molecule has 0 saturated carbocycles. The van der Waals surface area contributed by atoms with Crippen molar-refractivity contribution in [3.63, 3.8) is 0 Å². The number of aromatic nitrogens is 2. The number of nitrogen functional groups attached to an aromatic ring is 1. The Hall–Kier alpha value is -2.51. The number of anilines is 1. The highest BCUT2D eigenvalue weighted by molar-refractivity contribution is 5.89. The lowest BCUT2D eigenvalue weighted by Gasteiger charge is -2.06. The summed E-state index contributed by atoms with van der Waals surface area (Å²) in [6.45, 7) is 0. The van der Waals surface area contributed by atoms with Gasteiger partial charge in [-0.1, -0.05) is 0 Å². The number of carbonyl (C=O) groups is 1. The van der Waals surface area contributed by atoms with Crippen molar-refractivity contribution < 1.29 is 23.1 Å². The summed E-state index contributed by atoms with van der Waals surface area (Å²) in [7, 11) is 0. The molecule has 8 heteroatoms. The fraction of sp³-hybridized carbons (Fsp3) is 0. The third-order valence-electron chi connectivity index (χ3n) is 2.33. The van der Waals surface area contributed by atoms with Gasteiger partial charge in [-0.3, -0.25) is 5.10 Å². The lowest BCUT2D eigenvalue weighted by Crippen LogP contribution is -2.08. The Morgan fingerprint density at radius 2 is 1.94 bits per heavy atom. The molecule has 0 atom stereocenters. The summed E-state index contributed by atoms with van der Waals surface area (Å²) in [6.07, 6.45) is 1.08. The van der Waals surface area contributed by atoms with E-state index in [-0.39, 0.29) is 11.4 Å². The van der Waals surface area contributed by atoms with Crippen molar-refractivity contribution in [2.75, 3.05) is 5.73 Å². The number of carboxylic acids is 1. The molecule has 0 spiro atoms. The molecule has 0 bridgehead atoms. The topological polar surface area (TPSA) is 92.0 Å². The number of rotatable bonds is 2. The minimum absolute atomic E-state index is 0.0535. The molecule has 0 aliphatic rings. The van der Waals surface area contributed by atoms with Crippen LogP contribution in [0.1, 0.15) is 10.4 Å². The van der Waals surface area contributed by atoms with Crippen molar-refractivity contribution in [2.24, 2.45) is 0 Å². The molecule has 0 saturated heterocycles. The Balaban J connectivity index is 2.73. The predicted molar refractivity (Wildman–Crippen MR) is 55.3 cm³/mol. The highest BCUT2D eigenvalue weighted by Crippen LogP contribution is 2.30. The minimum Gasteiger partial charge on any atom is -0.477 e. The molecule has 4 N–H and O–H groups in total. The molecule has 0 amide bonds. The zero-order valence-electron chi connectivity index (χ0n) is 8.67. The predicted octanol–water partition coefficient (Wildman–Crippen LogP) is 1.77. The third kappa shape index (κ3) is 1.67. The van der Waals surface area contributed by atoms with E-state index in [1.165, 1.54) is 0 Å². The molecule has 0 unspecified atom stereocenters. The Bertz CT molecular complexity index is 640. The summed E-state index contributed by atoms with van der Waals surface area (Å²) >= 11 is 0. The molecule has 5 nitrogen and oxygen atoms in total. The van der Waals surface area contributed by atoms with E-state index in [0.717, 1.165) is 6.20 Å². The maximum atomic E-state index is 13.6. The van der Waals surface area contributed by atoms with Crippen LogP contribution in [-0.2, 0) is 0 Å². The zero-order chi connectivity index (χ0) is 13.4. The van der Waals surface area contributed by atoms with E-state index in [9.17, 15) is 18.0 Å². The van der Waals surface area contributed by atoms with Gasteiger partial charge in [0.1, 0.15) is 17.2 Å². The first-order chi connectivity index (χ1) is 8.43. The summed E-state index contributed by atoms with van der Waals surface area (Å²) < 4.78 is 40.5. The van der Waals surface area contributed by atoms with Crippen LogP contribution in [0.4, 0.5) is 19.0 Å². The number of nitrogens with two attached hydrogens (primary N) is 1. The molecule has 18 heavy (non-hydrogen) atoms. The van der Waals surface area contributed by atoms with Gasteiger partial charge in [-0.05, 0) is 6.07 Å². The lowest BCUT2D eigenvalue weighted by molar-refractivity contribution is 0.0685. The normalized spacial score (nSPS) is 10.6. The Kier molecular flexibility index (Phi) is 2.70. The van der Waals surface area contributed by atoms with Gasteiger partial charge in [-0.15, -0.1) is 0 Å². The minimum atomic E-state index is -1.89. The van der Waals surface area contributed by atoms with Crippen LogP contribution >= 0.6 is 0 Å². The summed E-state index contributed by atoms with van der Waals surface area (Å²) in [5.41, 5.74) is 3.49. The monoisotopic (exact) mass is 257 g/mol. The van der Waals surface area contributed by atoms with Crippen LogP contribution in [0.3, 0.4) is 0 Å².